The van der Waals surface area contributed by atoms with E-state index in [2.05, 4.69) is 0 Å². The molecule has 0 bridgehead atoms. The maximum absolute atomic E-state index is 12.0. The van der Waals surface area contributed by atoms with E-state index in [1.807, 2.05) is 60.7 Å². The highest BCUT2D eigenvalue weighted by Crippen LogP contribution is 2.43. The molecule has 0 heterocycles. The third kappa shape index (κ3) is 7.63. The van der Waals surface area contributed by atoms with E-state index < -0.39 is 11.9 Å². The fraction of sp³-hybridized carbons (Fsp3) is 0.0625. The number of phenols is 2. The quantitative estimate of drug-likeness (QED) is 0.137. The first kappa shape index (κ1) is 27.3. The van der Waals surface area contributed by atoms with Crippen molar-refractivity contribution < 1.29 is 29.3 Å². The standard InChI is InChI=1S/C32H26O6S/c1-21(33)37-31-25(17-15-23-7-3-11-27(35)19-23)9-5-13-29(31)39-30-14-6-10-26(32(30)38-22(2)34)18-16-24-8-4-12-28(36)20-24/h3-20,35-36H,1-2H3/b17-15-,18-16-. The van der Waals surface area contributed by atoms with Gasteiger partial charge in [0, 0.05) is 25.0 Å². The molecule has 0 aromatic heterocycles. The van der Waals surface area contributed by atoms with Crippen LogP contribution in [0.2, 0.25) is 0 Å². The van der Waals surface area contributed by atoms with E-state index in [4.69, 9.17) is 9.47 Å². The van der Waals surface area contributed by atoms with Gasteiger partial charge in [0.05, 0.1) is 9.79 Å². The van der Waals surface area contributed by atoms with E-state index in [0.29, 0.717) is 32.4 Å². The molecule has 0 aliphatic carbocycles. The van der Waals surface area contributed by atoms with Crippen LogP contribution >= 0.6 is 11.8 Å². The third-order valence-corrected chi connectivity index (χ3v) is 6.46. The molecule has 0 aliphatic rings. The molecule has 0 spiro atoms. The van der Waals surface area contributed by atoms with Gasteiger partial charge >= 0.3 is 11.9 Å². The van der Waals surface area contributed by atoms with Gasteiger partial charge in [-0.25, -0.2) is 0 Å². The molecule has 0 aliphatic heterocycles. The van der Waals surface area contributed by atoms with Crippen LogP contribution in [0.1, 0.15) is 36.1 Å². The lowest BCUT2D eigenvalue weighted by molar-refractivity contribution is -0.133. The number of rotatable bonds is 8. The molecule has 0 atom stereocenters. The number of hydrogen-bond acceptors (Lipinski definition) is 7. The Balaban J connectivity index is 1.73. The van der Waals surface area contributed by atoms with Gasteiger partial charge in [0.2, 0.25) is 0 Å². The summed E-state index contributed by atoms with van der Waals surface area (Å²) in [5.74, 6) is 0.0771. The number of aromatic hydroxyl groups is 2. The summed E-state index contributed by atoms with van der Waals surface area (Å²) in [6.45, 7) is 2.67. The molecule has 4 aromatic carbocycles. The molecule has 4 aromatic rings. The van der Waals surface area contributed by atoms with Gasteiger partial charge in [-0.15, -0.1) is 0 Å². The van der Waals surface area contributed by atoms with Crippen molar-refractivity contribution in [3.63, 3.8) is 0 Å². The van der Waals surface area contributed by atoms with Crippen molar-refractivity contribution in [1.29, 1.82) is 0 Å². The maximum Gasteiger partial charge on any atom is 0.308 e. The molecule has 0 saturated heterocycles. The Hall–Kier alpha value is -4.75. The highest BCUT2D eigenvalue weighted by atomic mass is 32.2. The van der Waals surface area contributed by atoms with Gasteiger partial charge in [0.1, 0.15) is 11.5 Å². The summed E-state index contributed by atoms with van der Waals surface area (Å²) >= 11 is 1.30. The SMILES string of the molecule is CC(=O)Oc1c(/C=C\c2cccc(O)c2)cccc1Sc1cccc(/C=C\c2cccc(O)c2)c1OC(C)=O. The minimum Gasteiger partial charge on any atom is -0.508 e. The number of ether oxygens (including phenoxy) is 2. The summed E-state index contributed by atoms with van der Waals surface area (Å²) in [4.78, 5) is 25.3. The minimum absolute atomic E-state index is 0.151. The van der Waals surface area contributed by atoms with Crippen molar-refractivity contribution in [3.05, 3.63) is 107 Å². The first-order chi connectivity index (χ1) is 18.8. The predicted octanol–water partition coefficient (Wildman–Crippen LogP) is 7.44. The Morgan fingerprint density at radius 1 is 0.615 bits per heavy atom. The molecule has 4 rings (SSSR count). The zero-order chi connectivity index (χ0) is 27.8. The van der Waals surface area contributed by atoms with E-state index in [1.54, 1.807) is 48.6 Å². The summed E-state index contributed by atoms with van der Waals surface area (Å²) < 4.78 is 11.2. The normalized spacial score (nSPS) is 11.1. The lowest BCUT2D eigenvalue weighted by Crippen LogP contribution is -2.05. The van der Waals surface area contributed by atoms with E-state index in [0.717, 1.165) is 11.1 Å². The van der Waals surface area contributed by atoms with E-state index >= 15 is 0 Å². The second-order valence-electron chi connectivity index (χ2n) is 8.49. The second kappa shape index (κ2) is 12.7. The average Bonchev–Trinajstić information content (AvgIpc) is 2.88. The molecule has 0 saturated carbocycles. The van der Waals surface area contributed by atoms with Crippen molar-refractivity contribution in [2.24, 2.45) is 0 Å². The smallest absolute Gasteiger partial charge is 0.308 e. The zero-order valence-electron chi connectivity index (χ0n) is 21.3. The summed E-state index contributed by atoms with van der Waals surface area (Å²) in [5, 5.41) is 19.5. The van der Waals surface area contributed by atoms with E-state index in [9.17, 15) is 19.8 Å². The molecule has 7 heteroatoms. The minimum atomic E-state index is -0.474. The van der Waals surface area contributed by atoms with Gasteiger partial charge in [-0.2, -0.15) is 0 Å². The topological polar surface area (TPSA) is 93.1 Å². The van der Waals surface area contributed by atoms with Gasteiger partial charge in [-0.1, -0.05) is 84.6 Å². The number of hydrogen-bond donors (Lipinski definition) is 2. The van der Waals surface area contributed by atoms with Crippen LogP contribution in [-0.2, 0) is 9.59 Å². The van der Waals surface area contributed by atoms with Gasteiger partial charge in [-0.3, -0.25) is 9.59 Å². The number of benzene rings is 4. The lowest BCUT2D eigenvalue weighted by Gasteiger charge is -2.15. The monoisotopic (exact) mass is 538 g/mol. The van der Waals surface area contributed by atoms with Crippen molar-refractivity contribution in [2.75, 3.05) is 0 Å². The van der Waals surface area contributed by atoms with Crippen LogP contribution in [0.3, 0.4) is 0 Å². The summed E-state index contributed by atoms with van der Waals surface area (Å²) in [7, 11) is 0. The maximum atomic E-state index is 12.0. The molecule has 2 N–H and O–H groups in total. The van der Waals surface area contributed by atoms with E-state index in [1.165, 1.54) is 25.6 Å². The van der Waals surface area contributed by atoms with Crippen LogP contribution in [0.25, 0.3) is 24.3 Å². The van der Waals surface area contributed by atoms with Crippen LogP contribution in [0.5, 0.6) is 23.0 Å². The number of phenolic OH excluding ortho intramolecular Hbond substituents is 2. The Morgan fingerprint density at radius 2 is 1.03 bits per heavy atom. The fourth-order valence-electron chi connectivity index (χ4n) is 3.74. The van der Waals surface area contributed by atoms with E-state index in [-0.39, 0.29) is 11.5 Å². The molecule has 0 unspecified atom stereocenters. The molecular weight excluding hydrogens is 512 g/mol. The first-order valence-electron chi connectivity index (χ1n) is 12.0. The second-order valence-corrected chi connectivity index (χ2v) is 9.58. The summed E-state index contributed by atoms with van der Waals surface area (Å²) in [6.07, 6.45) is 7.23. The highest BCUT2D eigenvalue weighted by Gasteiger charge is 2.17. The van der Waals surface area contributed by atoms with Crippen molar-refractivity contribution in [1.82, 2.24) is 0 Å². The number of esters is 2. The molecule has 0 fully saturated rings. The van der Waals surface area contributed by atoms with Crippen LogP contribution in [0.15, 0.2) is 94.7 Å². The van der Waals surface area contributed by atoms with Gasteiger partial charge in [0.15, 0.2) is 11.5 Å². The number of carbonyl (C=O) groups excluding carboxylic acids is 2. The Labute approximate surface area is 230 Å². The lowest BCUT2D eigenvalue weighted by atomic mass is 10.1. The Bertz CT molecular complexity index is 1450. The largest absolute Gasteiger partial charge is 0.508 e. The van der Waals surface area contributed by atoms with Crippen LogP contribution in [0.4, 0.5) is 0 Å². The molecule has 0 amide bonds. The number of carbonyl (C=O) groups is 2. The average molecular weight is 539 g/mol. The van der Waals surface area contributed by atoms with Crippen LogP contribution in [-0.4, -0.2) is 22.2 Å². The highest BCUT2D eigenvalue weighted by molar-refractivity contribution is 7.99. The molecule has 0 radical (unpaired) electrons. The molecule has 196 valence electrons. The van der Waals surface area contributed by atoms with Crippen molar-refractivity contribution in [3.8, 4) is 23.0 Å². The molecule has 39 heavy (non-hydrogen) atoms. The van der Waals surface area contributed by atoms with Gasteiger partial charge < -0.3 is 19.7 Å². The Morgan fingerprint density at radius 3 is 1.41 bits per heavy atom. The summed E-state index contributed by atoms with van der Waals surface area (Å²) in [5.41, 5.74) is 2.88. The molecule has 6 nitrogen and oxygen atoms in total. The fourth-order valence-corrected chi connectivity index (χ4v) is 4.78. The zero-order valence-corrected chi connectivity index (χ0v) is 22.1. The van der Waals surface area contributed by atoms with Gasteiger partial charge in [0.25, 0.3) is 0 Å². The third-order valence-electron chi connectivity index (χ3n) is 5.38. The first-order valence-corrected chi connectivity index (χ1v) is 12.8. The van der Waals surface area contributed by atoms with Crippen molar-refractivity contribution >= 4 is 48.0 Å². The number of para-hydroxylation sites is 2. The Kier molecular flexibility index (Phi) is 8.86. The van der Waals surface area contributed by atoms with Crippen LogP contribution in [0, 0.1) is 0 Å². The summed E-state index contributed by atoms with van der Waals surface area (Å²) in [6, 6.07) is 24.6. The van der Waals surface area contributed by atoms with Crippen molar-refractivity contribution in [2.45, 2.75) is 23.6 Å². The van der Waals surface area contributed by atoms with Crippen LogP contribution < -0.4 is 9.47 Å². The van der Waals surface area contributed by atoms with Gasteiger partial charge in [-0.05, 0) is 47.5 Å². The predicted molar refractivity (Wildman–Crippen MR) is 154 cm³/mol. The molecular formula is C32H26O6S.